The van der Waals surface area contributed by atoms with Crippen LogP contribution >= 0.6 is 0 Å². The summed E-state index contributed by atoms with van der Waals surface area (Å²) >= 11 is 0. The van der Waals surface area contributed by atoms with Gasteiger partial charge in [-0.1, -0.05) is 6.92 Å². The average molecular weight is 378 g/mol. The molecule has 3 rings (SSSR count). The lowest BCUT2D eigenvalue weighted by atomic mass is 10.1. The van der Waals surface area contributed by atoms with Gasteiger partial charge in [-0.3, -0.25) is 9.89 Å². The van der Waals surface area contributed by atoms with Crippen molar-refractivity contribution in [1.29, 1.82) is 0 Å². The first-order chi connectivity index (χ1) is 13.7. The van der Waals surface area contributed by atoms with Crippen molar-refractivity contribution in [2.75, 3.05) is 13.7 Å². The zero-order chi connectivity index (χ0) is 19.8. The monoisotopic (exact) mass is 378 g/mol. The fourth-order valence-electron chi connectivity index (χ4n) is 2.53. The molecule has 7 heteroatoms. The number of carbonyl (C=O) groups is 1. The van der Waals surface area contributed by atoms with E-state index in [4.69, 9.17) is 9.47 Å². The Hall–Kier alpha value is -3.61. The Bertz CT molecular complexity index is 931. The molecule has 0 unspecified atom stereocenters. The molecule has 1 aromatic heterocycles. The van der Waals surface area contributed by atoms with Gasteiger partial charge in [-0.25, -0.2) is 5.43 Å². The molecule has 2 N–H and O–H groups in total. The third-order valence-electron chi connectivity index (χ3n) is 4.01. The van der Waals surface area contributed by atoms with Crippen LogP contribution in [0, 0.1) is 0 Å². The van der Waals surface area contributed by atoms with Gasteiger partial charge in [-0.05, 0) is 55.0 Å². The Morgan fingerprint density at radius 3 is 2.54 bits per heavy atom. The quantitative estimate of drug-likeness (QED) is 0.463. The Balaban J connectivity index is 1.63. The lowest BCUT2D eigenvalue weighted by molar-refractivity contribution is 0.0955. The number of rotatable bonds is 8. The number of hydrogen-bond acceptors (Lipinski definition) is 5. The maximum Gasteiger partial charge on any atom is 0.271 e. The van der Waals surface area contributed by atoms with Crippen molar-refractivity contribution >= 4 is 12.1 Å². The number of aromatic nitrogens is 2. The molecule has 0 aliphatic heterocycles. The average Bonchev–Trinajstić information content (AvgIpc) is 3.21. The van der Waals surface area contributed by atoms with Crippen molar-refractivity contribution in [3.05, 3.63) is 65.9 Å². The predicted octanol–water partition coefficient (Wildman–Crippen LogP) is 3.64. The van der Waals surface area contributed by atoms with Gasteiger partial charge in [0.2, 0.25) is 0 Å². The molecule has 0 aliphatic carbocycles. The lowest BCUT2D eigenvalue weighted by Crippen LogP contribution is -2.17. The molecule has 3 aromatic rings. The van der Waals surface area contributed by atoms with E-state index in [0.717, 1.165) is 34.7 Å². The normalized spacial score (nSPS) is 10.8. The summed E-state index contributed by atoms with van der Waals surface area (Å²) in [6.07, 6.45) is 4.14. The highest BCUT2D eigenvalue weighted by Gasteiger charge is 2.07. The van der Waals surface area contributed by atoms with E-state index in [2.05, 4.69) is 20.7 Å². The fourth-order valence-corrected chi connectivity index (χ4v) is 2.53. The van der Waals surface area contributed by atoms with Crippen LogP contribution in [0.5, 0.6) is 11.5 Å². The number of hydrazone groups is 1. The summed E-state index contributed by atoms with van der Waals surface area (Å²) in [6.45, 7) is 2.69. The van der Waals surface area contributed by atoms with Gasteiger partial charge in [0.1, 0.15) is 11.5 Å². The number of H-pyrrole nitrogens is 1. The molecule has 0 fully saturated rings. The first-order valence-corrected chi connectivity index (χ1v) is 8.95. The number of ether oxygens (including phenoxy) is 2. The maximum absolute atomic E-state index is 12.2. The summed E-state index contributed by atoms with van der Waals surface area (Å²) < 4.78 is 10.7. The minimum Gasteiger partial charge on any atom is -0.497 e. The third-order valence-corrected chi connectivity index (χ3v) is 4.01. The maximum atomic E-state index is 12.2. The van der Waals surface area contributed by atoms with Crippen LogP contribution in [-0.4, -0.2) is 36.0 Å². The number of carbonyl (C=O) groups excluding carboxylic acids is 1. The van der Waals surface area contributed by atoms with Gasteiger partial charge in [0.05, 0.1) is 31.8 Å². The minimum absolute atomic E-state index is 0.298. The Labute approximate surface area is 163 Å². The molecule has 0 bridgehead atoms. The van der Waals surface area contributed by atoms with Gasteiger partial charge in [0.15, 0.2) is 0 Å². The standard InChI is InChI=1S/C21H22N4O3/c1-3-12-28-19-10-6-16(7-11-19)21(26)25-23-14-17-13-22-24-20(17)15-4-8-18(27-2)9-5-15/h4-11,13-14H,3,12H2,1-2H3,(H,22,24)(H,25,26). The van der Waals surface area contributed by atoms with E-state index in [1.165, 1.54) is 0 Å². The predicted molar refractivity (Wildman–Crippen MR) is 108 cm³/mol. The summed E-state index contributed by atoms with van der Waals surface area (Å²) in [4.78, 5) is 12.2. The zero-order valence-corrected chi connectivity index (χ0v) is 15.8. The van der Waals surface area contributed by atoms with Crippen molar-refractivity contribution in [1.82, 2.24) is 15.6 Å². The molecule has 0 saturated carbocycles. The molecule has 0 saturated heterocycles. The fraction of sp³-hybridized carbons (Fsp3) is 0.190. The van der Waals surface area contributed by atoms with Crippen molar-refractivity contribution in [3.8, 4) is 22.8 Å². The summed E-state index contributed by atoms with van der Waals surface area (Å²) in [6, 6.07) is 14.5. The molecule has 1 heterocycles. The Morgan fingerprint density at radius 2 is 1.86 bits per heavy atom. The number of nitrogens with zero attached hydrogens (tertiary/aromatic N) is 2. The molecule has 7 nitrogen and oxygen atoms in total. The van der Waals surface area contributed by atoms with E-state index in [0.29, 0.717) is 12.2 Å². The van der Waals surface area contributed by atoms with Gasteiger partial charge in [-0.15, -0.1) is 0 Å². The van der Waals surface area contributed by atoms with Gasteiger partial charge in [-0.2, -0.15) is 10.2 Å². The number of benzene rings is 2. The van der Waals surface area contributed by atoms with Crippen LogP contribution in [0.2, 0.25) is 0 Å². The number of nitrogens with one attached hydrogen (secondary N) is 2. The van der Waals surface area contributed by atoms with Crippen LogP contribution in [0.15, 0.2) is 59.8 Å². The lowest BCUT2D eigenvalue weighted by Gasteiger charge is -2.05. The second kappa shape index (κ2) is 9.36. The van der Waals surface area contributed by atoms with E-state index in [1.807, 2.05) is 31.2 Å². The minimum atomic E-state index is -0.298. The van der Waals surface area contributed by atoms with Gasteiger partial charge < -0.3 is 9.47 Å². The van der Waals surface area contributed by atoms with Gasteiger partial charge in [0.25, 0.3) is 5.91 Å². The second-order valence-electron chi connectivity index (χ2n) is 6.00. The van der Waals surface area contributed by atoms with Gasteiger partial charge in [0, 0.05) is 16.7 Å². The van der Waals surface area contributed by atoms with E-state index in [9.17, 15) is 4.79 Å². The molecule has 1 amide bonds. The number of amides is 1. The van der Waals surface area contributed by atoms with Crippen LogP contribution in [0.3, 0.4) is 0 Å². The zero-order valence-electron chi connectivity index (χ0n) is 15.8. The summed E-state index contributed by atoms with van der Waals surface area (Å²) in [5.41, 5.74) is 5.53. The van der Waals surface area contributed by atoms with E-state index in [-0.39, 0.29) is 5.91 Å². The highest BCUT2D eigenvalue weighted by molar-refractivity contribution is 5.95. The Kier molecular flexibility index (Phi) is 6.41. The van der Waals surface area contributed by atoms with Crippen LogP contribution in [0.1, 0.15) is 29.3 Å². The van der Waals surface area contributed by atoms with Gasteiger partial charge >= 0.3 is 0 Å². The van der Waals surface area contributed by atoms with E-state index >= 15 is 0 Å². The third kappa shape index (κ3) is 4.76. The highest BCUT2D eigenvalue weighted by atomic mass is 16.5. The van der Waals surface area contributed by atoms with E-state index < -0.39 is 0 Å². The summed E-state index contributed by atoms with van der Waals surface area (Å²) in [5.74, 6) is 1.22. The van der Waals surface area contributed by atoms with Crippen LogP contribution in [0.4, 0.5) is 0 Å². The van der Waals surface area contributed by atoms with Crippen LogP contribution < -0.4 is 14.9 Å². The van der Waals surface area contributed by atoms with Crippen LogP contribution in [0.25, 0.3) is 11.3 Å². The van der Waals surface area contributed by atoms with E-state index in [1.54, 1.807) is 43.8 Å². The van der Waals surface area contributed by atoms with Crippen molar-refractivity contribution in [2.24, 2.45) is 5.10 Å². The molecule has 28 heavy (non-hydrogen) atoms. The second-order valence-corrected chi connectivity index (χ2v) is 6.00. The smallest absolute Gasteiger partial charge is 0.271 e. The molecule has 0 atom stereocenters. The topological polar surface area (TPSA) is 88.6 Å². The van der Waals surface area contributed by atoms with Crippen molar-refractivity contribution in [3.63, 3.8) is 0 Å². The highest BCUT2D eigenvalue weighted by Crippen LogP contribution is 2.22. The van der Waals surface area contributed by atoms with Crippen molar-refractivity contribution < 1.29 is 14.3 Å². The SMILES string of the molecule is CCCOc1ccc(C(=O)NN=Cc2cn[nH]c2-c2ccc(OC)cc2)cc1. The Morgan fingerprint density at radius 1 is 1.14 bits per heavy atom. The number of hydrogen-bond donors (Lipinski definition) is 2. The first kappa shape index (κ1) is 19.2. The molecule has 144 valence electrons. The van der Waals surface area contributed by atoms with Crippen molar-refractivity contribution in [2.45, 2.75) is 13.3 Å². The summed E-state index contributed by atoms with van der Waals surface area (Å²) in [7, 11) is 1.62. The molecule has 2 aromatic carbocycles. The molecule has 0 radical (unpaired) electrons. The molecule has 0 spiro atoms. The van der Waals surface area contributed by atoms with Crippen LogP contribution in [-0.2, 0) is 0 Å². The molecular weight excluding hydrogens is 356 g/mol. The molecule has 0 aliphatic rings. The number of methoxy groups -OCH3 is 1. The number of aromatic amines is 1. The molecular formula is C21H22N4O3. The first-order valence-electron chi connectivity index (χ1n) is 8.95. The summed E-state index contributed by atoms with van der Waals surface area (Å²) in [5, 5.41) is 11.0. The largest absolute Gasteiger partial charge is 0.497 e.